The molecule has 1 aromatic heterocycles. The zero-order valence-corrected chi connectivity index (χ0v) is 17.3. The normalized spacial score (nSPS) is 19.6. The highest BCUT2D eigenvalue weighted by molar-refractivity contribution is 9.10. The molecule has 1 fully saturated rings. The number of quaternary nitrogens is 1. The second-order valence-corrected chi connectivity index (χ2v) is 8.38. The number of fused-ring (bicyclic) bond motifs is 1. The molecular weight excluding hydrogens is 422 g/mol. The van der Waals surface area contributed by atoms with Gasteiger partial charge in [-0.2, -0.15) is 0 Å². The first-order valence-electron chi connectivity index (χ1n) is 9.55. The largest absolute Gasteiger partial charge is 0.507 e. The van der Waals surface area contributed by atoms with Crippen LogP contribution < -0.4 is 15.1 Å². The number of para-hydroxylation sites is 1. The van der Waals surface area contributed by atoms with Crippen LogP contribution in [0.5, 0.6) is 17.2 Å². The molecule has 1 aliphatic rings. The van der Waals surface area contributed by atoms with Crippen molar-refractivity contribution in [2.45, 2.75) is 26.3 Å². The number of piperidine rings is 1. The first-order chi connectivity index (χ1) is 13.5. The third-order valence-corrected chi connectivity index (χ3v) is 5.99. The van der Waals surface area contributed by atoms with E-state index in [0.29, 0.717) is 34.7 Å². The summed E-state index contributed by atoms with van der Waals surface area (Å²) in [5.41, 5.74) is 0.876. The van der Waals surface area contributed by atoms with Gasteiger partial charge >= 0.3 is 0 Å². The van der Waals surface area contributed by atoms with Gasteiger partial charge in [0.2, 0.25) is 11.2 Å². The summed E-state index contributed by atoms with van der Waals surface area (Å²) in [4.78, 5) is 14.4. The molecule has 6 heteroatoms. The van der Waals surface area contributed by atoms with E-state index in [1.807, 2.05) is 18.2 Å². The van der Waals surface area contributed by atoms with E-state index in [9.17, 15) is 9.90 Å². The van der Waals surface area contributed by atoms with E-state index < -0.39 is 0 Å². The maximum atomic E-state index is 13.0. The van der Waals surface area contributed by atoms with Crippen LogP contribution >= 0.6 is 15.9 Å². The SMILES string of the molecule is C[C@H]1CCC[NH+](Cc2c(O)ccc3c(=O)c(Oc4ccccc4Br)coc23)C1. The molecule has 1 saturated heterocycles. The fourth-order valence-electron chi connectivity index (χ4n) is 3.92. The van der Waals surface area contributed by atoms with Crippen LogP contribution in [0.2, 0.25) is 0 Å². The first kappa shape index (κ1) is 19.0. The van der Waals surface area contributed by atoms with Crippen molar-refractivity contribution in [1.29, 1.82) is 0 Å². The van der Waals surface area contributed by atoms with Crippen LogP contribution in [0.3, 0.4) is 0 Å². The van der Waals surface area contributed by atoms with E-state index in [1.54, 1.807) is 18.2 Å². The highest BCUT2D eigenvalue weighted by Crippen LogP contribution is 2.30. The lowest BCUT2D eigenvalue weighted by Crippen LogP contribution is -3.12. The van der Waals surface area contributed by atoms with Gasteiger partial charge in [-0.1, -0.05) is 19.1 Å². The van der Waals surface area contributed by atoms with Crippen LogP contribution in [0, 0.1) is 5.92 Å². The van der Waals surface area contributed by atoms with E-state index in [4.69, 9.17) is 9.15 Å². The number of phenolic OH excluding ortho intramolecular Hbond substituents is 1. The number of rotatable bonds is 4. The first-order valence-corrected chi connectivity index (χ1v) is 10.3. The van der Waals surface area contributed by atoms with Crippen molar-refractivity contribution >= 4 is 26.9 Å². The summed E-state index contributed by atoms with van der Waals surface area (Å²) in [6, 6.07) is 10.5. The second-order valence-electron chi connectivity index (χ2n) is 7.53. The number of hydrogen-bond acceptors (Lipinski definition) is 4. The van der Waals surface area contributed by atoms with E-state index in [0.717, 1.165) is 17.6 Å². The van der Waals surface area contributed by atoms with Crippen LogP contribution in [0.1, 0.15) is 25.3 Å². The third kappa shape index (κ3) is 3.80. The Morgan fingerprint density at radius 3 is 2.86 bits per heavy atom. The maximum absolute atomic E-state index is 13.0. The zero-order valence-electron chi connectivity index (χ0n) is 15.7. The van der Waals surface area contributed by atoms with Gasteiger partial charge in [0.15, 0.2) is 5.58 Å². The molecule has 2 heterocycles. The molecule has 5 nitrogen and oxygen atoms in total. The van der Waals surface area contributed by atoms with E-state index in [-0.39, 0.29) is 16.9 Å². The lowest BCUT2D eigenvalue weighted by Gasteiger charge is -2.28. The summed E-state index contributed by atoms with van der Waals surface area (Å²) in [7, 11) is 0. The molecule has 0 saturated carbocycles. The molecule has 2 N–H and O–H groups in total. The summed E-state index contributed by atoms with van der Waals surface area (Å²) in [5.74, 6) is 1.49. The van der Waals surface area contributed by atoms with Crippen molar-refractivity contribution < 1.29 is 19.2 Å². The highest BCUT2D eigenvalue weighted by Gasteiger charge is 2.24. The minimum absolute atomic E-state index is 0.120. The number of hydrogen-bond donors (Lipinski definition) is 2. The molecule has 0 spiro atoms. The van der Waals surface area contributed by atoms with Gasteiger partial charge < -0.3 is 19.2 Å². The van der Waals surface area contributed by atoms with Crippen LogP contribution in [-0.2, 0) is 6.54 Å². The average molecular weight is 445 g/mol. The number of likely N-dealkylation sites (tertiary alicyclic amines) is 1. The van der Waals surface area contributed by atoms with Crippen LogP contribution in [0.4, 0.5) is 0 Å². The molecule has 28 heavy (non-hydrogen) atoms. The lowest BCUT2D eigenvalue weighted by atomic mass is 9.99. The van der Waals surface area contributed by atoms with Crippen molar-refractivity contribution in [3.05, 3.63) is 62.9 Å². The third-order valence-electron chi connectivity index (χ3n) is 5.34. The Morgan fingerprint density at radius 1 is 1.25 bits per heavy atom. The Labute approximate surface area is 171 Å². The Balaban J connectivity index is 1.70. The molecule has 2 atom stereocenters. The van der Waals surface area contributed by atoms with E-state index >= 15 is 0 Å². The molecule has 0 radical (unpaired) electrons. The number of aromatic hydroxyl groups is 1. The monoisotopic (exact) mass is 444 g/mol. The van der Waals surface area contributed by atoms with Gasteiger partial charge in [-0.15, -0.1) is 0 Å². The van der Waals surface area contributed by atoms with Crippen molar-refractivity contribution in [3.63, 3.8) is 0 Å². The Morgan fingerprint density at radius 2 is 2.07 bits per heavy atom. The average Bonchev–Trinajstić information content (AvgIpc) is 2.68. The molecule has 3 aromatic rings. The van der Waals surface area contributed by atoms with Gasteiger partial charge in [0.05, 0.1) is 28.5 Å². The van der Waals surface area contributed by atoms with Crippen molar-refractivity contribution in [1.82, 2.24) is 0 Å². The van der Waals surface area contributed by atoms with Gasteiger partial charge in [-0.25, -0.2) is 0 Å². The Hall–Kier alpha value is -2.31. The molecule has 1 unspecified atom stereocenters. The number of halogens is 1. The minimum atomic E-state index is -0.250. The molecular formula is C22H23BrNO4+. The lowest BCUT2D eigenvalue weighted by molar-refractivity contribution is -0.922. The standard InChI is InChI=1S/C22H22BrNO4/c1-14-5-4-10-24(11-14)12-16-18(25)9-8-15-21(26)20(13-27-22(15)16)28-19-7-3-2-6-17(19)23/h2-3,6-9,13-14,25H,4-5,10-12H2,1H3/p+1/t14-/m0/s1. The van der Waals surface area contributed by atoms with Crippen molar-refractivity contribution in [3.8, 4) is 17.2 Å². The van der Waals surface area contributed by atoms with Crippen molar-refractivity contribution in [2.75, 3.05) is 13.1 Å². The van der Waals surface area contributed by atoms with Gasteiger partial charge in [0.25, 0.3) is 0 Å². The molecule has 0 aliphatic carbocycles. The number of benzene rings is 2. The number of ether oxygens (including phenoxy) is 1. The quantitative estimate of drug-likeness (QED) is 0.640. The molecule has 4 rings (SSSR count). The minimum Gasteiger partial charge on any atom is -0.507 e. The fraction of sp³-hybridized carbons (Fsp3) is 0.318. The van der Waals surface area contributed by atoms with Gasteiger partial charge in [-0.05, 0) is 53.0 Å². The summed E-state index contributed by atoms with van der Waals surface area (Å²) >= 11 is 3.42. The van der Waals surface area contributed by atoms with Gasteiger partial charge in [-0.3, -0.25) is 4.79 Å². The van der Waals surface area contributed by atoms with Gasteiger partial charge in [0, 0.05) is 5.92 Å². The number of phenols is 1. The predicted octanol–water partition coefficient (Wildman–Crippen LogP) is 3.87. The van der Waals surface area contributed by atoms with Crippen molar-refractivity contribution in [2.24, 2.45) is 5.92 Å². The van der Waals surface area contributed by atoms with E-state index in [2.05, 4.69) is 22.9 Å². The van der Waals surface area contributed by atoms with E-state index in [1.165, 1.54) is 24.0 Å². The summed E-state index contributed by atoms with van der Waals surface area (Å²) in [6.07, 6.45) is 3.76. The molecule has 2 aromatic carbocycles. The van der Waals surface area contributed by atoms with Crippen LogP contribution in [0.15, 0.2) is 56.3 Å². The predicted molar refractivity (Wildman–Crippen MR) is 111 cm³/mol. The molecule has 0 bridgehead atoms. The second kappa shape index (κ2) is 7.97. The summed E-state index contributed by atoms with van der Waals surface area (Å²) < 4.78 is 12.3. The Kier molecular flexibility index (Phi) is 5.42. The molecule has 0 amide bonds. The van der Waals surface area contributed by atoms with Crippen LogP contribution in [-0.4, -0.2) is 18.2 Å². The Bertz CT molecular complexity index is 1060. The molecule has 1 aliphatic heterocycles. The van der Waals surface area contributed by atoms with Gasteiger partial charge in [0.1, 0.15) is 24.3 Å². The number of nitrogens with one attached hydrogen (secondary N) is 1. The zero-order chi connectivity index (χ0) is 19.7. The highest BCUT2D eigenvalue weighted by atomic mass is 79.9. The smallest absolute Gasteiger partial charge is 0.235 e. The fourth-order valence-corrected chi connectivity index (χ4v) is 4.29. The molecule has 146 valence electrons. The summed E-state index contributed by atoms with van der Waals surface area (Å²) in [5, 5.41) is 10.8. The maximum Gasteiger partial charge on any atom is 0.235 e. The van der Waals surface area contributed by atoms with Crippen LogP contribution in [0.25, 0.3) is 11.0 Å². The summed E-state index contributed by atoms with van der Waals surface area (Å²) in [6.45, 7) is 5.02. The topological polar surface area (TPSA) is 64.1 Å².